The summed E-state index contributed by atoms with van der Waals surface area (Å²) in [6.07, 6.45) is 0. The van der Waals surface area contributed by atoms with Gasteiger partial charge in [-0.3, -0.25) is 5.10 Å². The molecule has 0 fully saturated rings. The molecule has 0 aliphatic carbocycles. The first-order valence-corrected chi connectivity index (χ1v) is 6.89. The summed E-state index contributed by atoms with van der Waals surface area (Å²) in [5, 5.41) is 15.4. The highest BCUT2D eigenvalue weighted by molar-refractivity contribution is 7.89. The molecule has 1 aromatic rings. The van der Waals surface area contributed by atoms with Crippen molar-refractivity contribution in [1.82, 2.24) is 14.9 Å². The van der Waals surface area contributed by atoms with E-state index in [1.54, 1.807) is 20.8 Å². The number of aliphatic hydroxyl groups excluding tert-OH is 1. The van der Waals surface area contributed by atoms with E-state index in [1.807, 2.05) is 0 Å². The smallest absolute Gasteiger partial charge is 0.244 e. The highest BCUT2D eigenvalue weighted by Crippen LogP contribution is 2.19. The fourth-order valence-electron chi connectivity index (χ4n) is 1.74. The van der Waals surface area contributed by atoms with Gasteiger partial charge < -0.3 is 9.84 Å². The van der Waals surface area contributed by atoms with Crippen molar-refractivity contribution in [2.45, 2.75) is 37.8 Å². The first-order chi connectivity index (χ1) is 8.23. The summed E-state index contributed by atoms with van der Waals surface area (Å²) in [5.41, 5.74) is -0.253. The summed E-state index contributed by atoms with van der Waals surface area (Å²) in [6, 6.07) is 0. The van der Waals surface area contributed by atoms with Gasteiger partial charge in [0.2, 0.25) is 10.0 Å². The SMILES string of the molecule is COCC(C)(C)NS(=O)(=O)c1c(CO)n[nH]c1C. The standard InChI is InChI=1S/C10H19N3O4S/c1-7-9(8(5-14)12-11-7)18(15,16)13-10(2,3)6-17-4/h13-14H,5-6H2,1-4H3,(H,11,12). The summed E-state index contributed by atoms with van der Waals surface area (Å²) >= 11 is 0. The molecular weight excluding hydrogens is 258 g/mol. The maximum absolute atomic E-state index is 12.2. The number of rotatable bonds is 6. The van der Waals surface area contributed by atoms with Crippen LogP contribution in [0, 0.1) is 6.92 Å². The van der Waals surface area contributed by atoms with Gasteiger partial charge in [-0.15, -0.1) is 0 Å². The molecule has 0 radical (unpaired) electrons. The first kappa shape index (κ1) is 15.1. The Labute approximate surface area is 107 Å². The van der Waals surface area contributed by atoms with Crippen LogP contribution in [-0.2, 0) is 21.4 Å². The van der Waals surface area contributed by atoms with E-state index in [2.05, 4.69) is 14.9 Å². The van der Waals surface area contributed by atoms with Crippen molar-refractivity contribution in [2.24, 2.45) is 0 Å². The van der Waals surface area contributed by atoms with Crippen molar-refractivity contribution in [2.75, 3.05) is 13.7 Å². The average molecular weight is 277 g/mol. The van der Waals surface area contributed by atoms with Gasteiger partial charge in [0.25, 0.3) is 0 Å². The summed E-state index contributed by atoms with van der Waals surface area (Å²) in [7, 11) is -2.26. The van der Waals surface area contributed by atoms with Crippen molar-refractivity contribution in [3.05, 3.63) is 11.4 Å². The second-order valence-corrected chi connectivity index (χ2v) is 6.32. The van der Waals surface area contributed by atoms with Gasteiger partial charge >= 0.3 is 0 Å². The zero-order valence-corrected chi connectivity index (χ0v) is 11.8. The van der Waals surface area contributed by atoms with E-state index in [9.17, 15) is 8.42 Å². The lowest BCUT2D eigenvalue weighted by Crippen LogP contribution is -2.46. The summed E-state index contributed by atoms with van der Waals surface area (Å²) < 4.78 is 32.0. The summed E-state index contributed by atoms with van der Waals surface area (Å²) in [5.74, 6) is 0. The Morgan fingerprint density at radius 1 is 1.50 bits per heavy atom. The minimum atomic E-state index is -3.75. The third-order valence-electron chi connectivity index (χ3n) is 2.30. The van der Waals surface area contributed by atoms with Crippen molar-refractivity contribution < 1.29 is 18.3 Å². The van der Waals surface area contributed by atoms with E-state index in [0.717, 1.165) is 0 Å². The molecule has 0 saturated heterocycles. The number of sulfonamides is 1. The zero-order chi connectivity index (χ0) is 14.0. The molecule has 0 bridgehead atoms. The van der Waals surface area contributed by atoms with Gasteiger partial charge in [-0.25, -0.2) is 13.1 Å². The largest absolute Gasteiger partial charge is 0.390 e. The zero-order valence-electron chi connectivity index (χ0n) is 10.9. The highest BCUT2D eigenvalue weighted by Gasteiger charge is 2.30. The second-order valence-electron chi connectivity index (χ2n) is 4.70. The van der Waals surface area contributed by atoms with Gasteiger partial charge in [0.15, 0.2) is 0 Å². The van der Waals surface area contributed by atoms with Crippen LogP contribution in [0.25, 0.3) is 0 Å². The molecule has 1 rings (SSSR count). The lowest BCUT2D eigenvalue weighted by molar-refractivity contribution is 0.141. The second kappa shape index (κ2) is 5.35. The monoisotopic (exact) mass is 277 g/mol. The maximum atomic E-state index is 12.2. The first-order valence-electron chi connectivity index (χ1n) is 5.41. The number of nitrogens with one attached hydrogen (secondary N) is 2. The molecule has 0 aromatic carbocycles. The number of nitrogens with zero attached hydrogens (tertiary/aromatic N) is 1. The molecule has 0 spiro atoms. The number of ether oxygens (including phenoxy) is 1. The average Bonchev–Trinajstić information content (AvgIpc) is 2.58. The molecule has 18 heavy (non-hydrogen) atoms. The number of hydrogen-bond donors (Lipinski definition) is 3. The van der Waals surface area contributed by atoms with Crippen LogP contribution in [0.3, 0.4) is 0 Å². The fourth-order valence-corrected chi connectivity index (χ4v) is 3.50. The van der Waals surface area contributed by atoms with E-state index < -0.39 is 22.2 Å². The van der Waals surface area contributed by atoms with E-state index in [0.29, 0.717) is 5.69 Å². The topological polar surface area (TPSA) is 104 Å². The number of hydrogen-bond acceptors (Lipinski definition) is 5. The molecule has 0 atom stereocenters. The van der Waals surface area contributed by atoms with Crippen molar-refractivity contribution in [1.29, 1.82) is 0 Å². The molecule has 0 saturated carbocycles. The maximum Gasteiger partial charge on any atom is 0.244 e. The van der Waals surface area contributed by atoms with E-state index in [4.69, 9.17) is 9.84 Å². The minimum absolute atomic E-state index is 0.00539. The van der Waals surface area contributed by atoms with Crippen LogP contribution < -0.4 is 4.72 Å². The van der Waals surface area contributed by atoms with Crippen molar-refractivity contribution in [3.63, 3.8) is 0 Å². The lowest BCUT2D eigenvalue weighted by atomic mass is 10.1. The summed E-state index contributed by atoms with van der Waals surface area (Å²) in [4.78, 5) is -0.00539. The summed E-state index contributed by atoms with van der Waals surface area (Å²) in [6.45, 7) is 4.80. The molecule has 0 aliphatic rings. The number of aryl methyl sites for hydroxylation is 1. The van der Waals surface area contributed by atoms with Gasteiger partial charge in [-0.2, -0.15) is 5.10 Å². The Morgan fingerprint density at radius 3 is 2.61 bits per heavy atom. The number of methoxy groups -OCH3 is 1. The van der Waals surface area contributed by atoms with Crippen LogP contribution in [-0.4, -0.2) is 43.0 Å². The molecule has 0 amide bonds. The molecule has 0 unspecified atom stereocenters. The molecule has 7 nitrogen and oxygen atoms in total. The number of aromatic nitrogens is 2. The minimum Gasteiger partial charge on any atom is -0.390 e. The lowest BCUT2D eigenvalue weighted by Gasteiger charge is -2.24. The fraction of sp³-hybridized carbons (Fsp3) is 0.700. The van der Waals surface area contributed by atoms with E-state index in [-0.39, 0.29) is 17.2 Å². The Kier molecular flexibility index (Phi) is 4.49. The van der Waals surface area contributed by atoms with Crippen molar-refractivity contribution in [3.8, 4) is 0 Å². The Balaban J connectivity index is 3.11. The van der Waals surface area contributed by atoms with E-state index >= 15 is 0 Å². The van der Waals surface area contributed by atoms with Crippen LogP contribution >= 0.6 is 0 Å². The van der Waals surface area contributed by atoms with Gasteiger partial charge in [0.1, 0.15) is 10.6 Å². The Bertz CT molecular complexity index is 507. The molecule has 8 heteroatoms. The molecule has 3 N–H and O–H groups in total. The number of aliphatic hydroxyl groups is 1. The third kappa shape index (κ3) is 3.29. The molecule has 1 aromatic heterocycles. The van der Waals surface area contributed by atoms with Crippen LogP contribution in [0.15, 0.2) is 4.90 Å². The quantitative estimate of drug-likeness (QED) is 0.674. The highest BCUT2D eigenvalue weighted by atomic mass is 32.2. The molecule has 104 valence electrons. The normalized spacial score (nSPS) is 12.9. The number of aromatic amines is 1. The van der Waals surface area contributed by atoms with E-state index in [1.165, 1.54) is 7.11 Å². The van der Waals surface area contributed by atoms with Gasteiger partial charge in [-0.1, -0.05) is 0 Å². The number of H-pyrrole nitrogens is 1. The molecule has 0 aliphatic heterocycles. The van der Waals surface area contributed by atoms with Gasteiger partial charge in [0, 0.05) is 7.11 Å². The molecule has 1 heterocycles. The third-order valence-corrected chi connectivity index (χ3v) is 4.20. The van der Waals surface area contributed by atoms with Gasteiger partial charge in [-0.05, 0) is 20.8 Å². The van der Waals surface area contributed by atoms with Crippen LogP contribution in [0.5, 0.6) is 0 Å². The Morgan fingerprint density at radius 2 is 2.11 bits per heavy atom. The predicted molar refractivity (Wildman–Crippen MR) is 65.5 cm³/mol. The Hall–Kier alpha value is -0.960. The van der Waals surface area contributed by atoms with Crippen LogP contribution in [0.2, 0.25) is 0 Å². The predicted octanol–water partition coefficient (Wildman–Crippen LogP) is -0.0863. The van der Waals surface area contributed by atoms with Crippen LogP contribution in [0.4, 0.5) is 0 Å². The molecular formula is C10H19N3O4S. The van der Waals surface area contributed by atoms with Gasteiger partial charge in [0.05, 0.1) is 24.4 Å². The van der Waals surface area contributed by atoms with Crippen molar-refractivity contribution >= 4 is 10.0 Å². The van der Waals surface area contributed by atoms with Crippen LogP contribution in [0.1, 0.15) is 25.2 Å².